The van der Waals surface area contributed by atoms with Crippen molar-refractivity contribution >= 4 is 38.9 Å². The Morgan fingerprint density at radius 2 is 1.61 bits per heavy atom. The van der Waals surface area contributed by atoms with E-state index < -0.39 is 10.0 Å². The molecular formula is C23H23ClN2O6S. The number of ether oxygens (including phenoxy) is 3. The van der Waals surface area contributed by atoms with Crippen LogP contribution in [-0.4, -0.2) is 35.2 Å². The SMILES string of the molecule is COc1ccc(NS(=O)(=O)c2ccc(OCC(=O)Nc3cc(C)ccc3OC)cc2)cc1Cl. The summed E-state index contributed by atoms with van der Waals surface area (Å²) in [5.41, 5.74) is 1.80. The number of benzene rings is 3. The third-order valence-electron chi connectivity index (χ3n) is 4.54. The van der Waals surface area contributed by atoms with E-state index in [1.165, 1.54) is 44.6 Å². The molecule has 10 heteroatoms. The first-order chi connectivity index (χ1) is 15.7. The second-order valence-corrected chi connectivity index (χ2v) is 9.06. The minimum atomic E-state index is -3.85. The molecule has 3 aromatic rings. The van der Waals surface area contributed by atoms with Crippen molar-refractivity contribution in [3.63, 3.8) is 0 Å². The summed E-state index contributed by atoms with van der Waals surface area (Å²) in [6.07, 6.45) is 0. The van der Waals surface area contributed by atoms with Crippen molar-refractivity contribution in [2.45, 2.75) is 11.8 Å². The van der Waals surface area contributed by atoms with Crippen LogP contribution in [0.5, 0.6) is 17.2 Å². The molecule has 0 unspecified atom stereocenters. The fourth-order valence-corrected chi connectivity index (χ4v) is 4.22. The molecule has 3 rings (SSSR count). The van der Waals surface area contributed by atoms with Crippen LogP contribution < -0.4 is 24.2 Å². The van der Waals surface area contributed by atoms with Crippen LogP contribution in [0.15, 0.2) is 65.6 Å². The summed E-state index contributed by atoms with van der Waals surface area (Å²) in [5, 5.41) is 3.01. The Labute approximate surface area is 197 Å². The van der Waals surface area contributed by atoms with E-state index in [1.807, 2.05) is 13.0 Å². The van der Waals surface area contributed by atoms with Gasteiger partial charge >= 0.3 is 0 Å². The highest BCUT2D eigenvalue weighted by Gasteiger charge is 2.16. The van der Waals surface area contributed by atoms with Crippen LogP contribution in [0.2, 0.25) is 5.02 Å². The lowest BCUT2D eigenvalue weighted by Gasteiger charge is -2.12. The molecule has 3 aromatic carbocycles. The molecular weight excluding hydrogens is 468 g/mol. The lowest BCUT2D eigenvalue weighted by atomic mass is 10.2. The number of anilines is 2. The third-order valence-corrected chi connectivity index (χ3v) is 6.23. The highest BCUT2D eigenvalue weighted by atomic mass is 35.5. The van der Waals surface area contributed by atoms with Gasteiger partial charge in [-0.1, -0.05) is 17.7 Å². The van der Waals surface area contributed by atoms with Crippen molar-refractivity contribution < 1.29 is 27.4 Å². The van der Waals surface area contributed by atoms with Crippen molar-refractivity contribution in [2.75, 3.05) is 30.9 Å². The number of rotatable bonds is 9. The molecule has 8 nitrogen and oxygen atoms in total. The Kier molecular flexibility index (Phi) is 7.67. The summed E-state index contributed by atoms with van der Waals surface area (Å²) < 4.78 is 43.5. The van der Waals surface area contributed by atoms with Gasteiger partial charge in [0.1, 0.15) is 17.2 Å². The van der Waals surface area contributed by atoms with Crippen molar-refractivity contribution in [2.24, 2.45) is 0 Å². The van der Waals surface area contributed by atoms with Crippen molar-refractivity contribution in [3.05, 3.63) is 71.2 Å². The number of methoxy groups -OCH3 is 2. The molecule has 0 heterocycles. The van der Waals surface area contributed by atoms with Crippen LogP contribution in [0.3, 0.4) is 0 Å². The monoisotopic (exact) mass is 490 g/mol. The largest absolute Gasteiger partial charge is 0.495 e. The number of aryl methyl sites for hydroxylation is 1. The highest BCUT2D eigenvalue weighted by molar-refractivity contribution is 7.92. The summed E-state index contributed by atoms with van der Waals surface area (Å²) in [6.45, 7) is 1.64. The van der Waals surface area contributed by atoms with Crippen LogP contribution >= 0.6 is 11.6 Å². The molecule has 0 bridgehead atoms. The maximum atomic E-state index is 12.6. The Morgan fingerprint density at radius 3 is 2.24 bits per heavy atom. The number of sulfonamides is 1. The third kappa shape index (κ3) is 6.30. The molecule has 0 aliphatic carbocycles. The maximum Gasteiger partial charge on any atom is 0.262 e. The van der Waals surface area contributed by atoms with E-state index in [4.69, 9.17) is 25.8 Å². The lowest BCUT2D eigenvalue weighted by Crippen LogP contribution is -2.20. The van der Waals surface area contributed by atoms with Gasteiger partial charge in [-0.3, -0.25) is 9.52 Å². The van der Waals surface area contributed by atoms with Crippen molar-refractivity contribution in [1.29, 1.82) is 0 Å². The summed E-state index contributed by atoms with van der Waals surface area (Å²) in [7, 11) is -0.860. The minimum absolute atomic E-state index is 0.0238. The first-order valence-corrected chi connectivity index (χ1v) is 11.6. The summed E-state index contributed by atoms with van der Waals surface area (Å²) in [6, 6.07) is 15.7. The van der Waals surface area contributed by atoms with Gasteiger partial charge in [-0.25, -0.2) is 8.42 Å². The van der Waals surface area contributed by atoms with E-state index in [9.17, 15) is 13.2 Å². The molecule has 0 aromatic heterocycles. The Balaban J connectivity index is 1.61. The molecule has 2 N–H and O–H groups in total. The predicted octanol–water partition coefficient (Wildman–Crippen LogP) is 4.48. The van der Waals surface area contributed by atoms with Gasteiger partial charge in [-0.15, -0.1) is 0 Å². The lowest BCUT2D eigenvalue weighted by molar-refractivity contribution is -0.118. The van der Waals surface area contributed by atoms with Crippen molar-refractivity contribution in [1.82, 2.24) is 0 Å². The molecule has 0 aliphatic heterocycles. The van der Waals surface area contributed by atoms with Gasteiger partial charge in [-0.2, -0.15) is 0 Å². The average Bonchev–Trinajstić information content (AvgIpc) is 2.78. The fraction of sp³-hybridized carbons (Fsp3) is 0.174. The average molecular weight is 491 g/mol. The van der Waals surface area contributed by atoms with Gasteiger partial charge < -0.3 is 19.5 Å². The number of hydrogen-bond donors (Lipinski definition) is 2. The second-order valence-electron chi connectivity index (χ2n) is 6.97. The Hall–Kier alpha value is -3.43. The zero-order valence-corrected chi connectivity index (χ0v) is 19.8. The molecule has 0 atom stereocenters. The van der Waals surface area contributed by atoms with Crippen LogP contribution in [-0.2, 0) is 14.8 Å². The molecule has 1 amide bonds. The summed E-state index contributed by atoms with van der Waals surface area (Å²) in [4.78, 5) is 12.3. The molecule has 0 aliphatic rings. The molecule has 0 fully saturated rings. The quantitative estimate of drug-likeness (QED) is 0.458. The van der Waals surface area contributed by atoms with Gasteiger partial charge in [0.15, 0.2) is 6.61 Å². The van der Waals surface area contributed by atoms with Gasteiger partial charge in [0, 0.05) is 0 Å². The fourth-order valence-electron chi connectivity index (χ4n) is 2.91. The Morgan fingerprint density at radius 1 is 0.939 bits per heavy atom. The van der Waals surface area contributed by atoms with Crippen LogP contribution in [0.1, 0.15) is 5.56 Å². The van der Waals surface area contributed by atoms with E-state index in [2.05, 4.69) is 10.0 Å². The van der Waals surface area contributed by atoms with Gasteiger partial charge in [0.2, 0.25) is 0 Å². The summed E-state index contributed by atoms with van der Waals surface area (Å²) >= 11 is 6.05. The predicted molar refractivity (Wildman–Crippen MR) is 127 cm³/mol. The van der Waals surface area contributed by atoms with E-state index in [0.29, 0.717) is 28.6 Å². The number of carbonyl (C=O) groups is 1. The number of nitrogens with one attached hydrogen (secondary N) is 2. The molecule has 0 radical (unpaired) electrons. The molecule has 0 saturated carbocycles. The smallest absolute Gasteiger partial charge is 0.262 e. The molecule has 0 spiro atoms. The second kappa shape index (κ2) is 10.5. The van der Waals surface area contributed by atoms with Crippen LogP contribution in [0.25, 0.3) is 0 Å². The molecule has 174 valence electrons. The van der Waals surface area contributed by atoms with E-state index in [-0.39, 0.29) is 22.4 Å². The number of halogens is 1. The van der Waals surface area contributed by atoms with Gasteiger partial charge in [-0.05, 0) is 67.1 Å². The van der Waals surface area contributed by atoms with Gasteiger partial charge in [0.05, 0.1) is 35.5 Å². The van der Waals surface area contributed by atoms with Crippen LogP contribution in [0, 0.1) is 6.92 Å². The highest BCUT2D eigenvalue weighted by Crippen LogP contribution is 2.29. The zero-order valence-electron chi connectivity index (χ0n) is 18.2. The first-order valence-electron chi connectivity index (χ1n) is 9.75. The van der Waals surface area contributed by atoms with Crippen molar-refractivity contribution in [3.8, 4) is 17.2 Å². The summed E-state index contributed by atoms with van der Waals surface area (Å²) in [5.74, 6) is 0.932. The van der Waals surface area contributed by atoms with Gasteiger partial charge in [0.25, 0.3) is 15.9 Å². The van der Waals surface area contributed by atoms with E-state index >= 15 is 0 Å². The molecule has 0 saturated heterocycles. The zero-order chi connectivity index (χ0) is 24.0. The topological polar surface area (TPSA) is 103 Å². The first kappa shape index (κ1) is 24.2. The normalized spacial score (nSPS) is 10.9. The number of hydrogen-bond acceptors (Lipinski definition) is 6. The molecule has 33 heavy (non-hydrogen) atoms. The maximum absolute atomic E-state index is 12.6. The number of amides is 1. The number of carbonyl (C=O) groups excluding carboxylic acids is 1. The van der Waals surface area contributed by atoms with Crippen LogP contribution in [0.4, 0.5) is 11.4 Å². The Bertz CT molecular complexity index is 1250. The minimum Gasteiger partial charge on any atom is -0.495 e. The van der Waals surface area contributed by atoms with E-state index in [1.54, 1.807) is 24.3 Å². The standard InChI is InChI=1S/C23H23ClN2O6S/c1-15-4-10-22(31-3)20(12-15)25-23(27)14-32-17-6-8-18(9-7-17)33(28,29)26-16-5-11-21(30-2)19(24)13-16/h4-13,26H,14H2,1-3H3,(H,25,27). The van der Waals surface area contributed by atoms with E-state index in [0.717, 1.165) is 5.56 Å².